The van der Waals surface area contributed by atoms with Gasteiger partial charge in [-0.15, -0.1) is 0 Å². The lowest BCUT2D eigenvalue weighted by molar-refractivity contribution is 0.0921. The molecule has 1 N–H and O–H groups in total. The van der Waals surface area contributed by atoms with Crippen LogP contribution in [0, 0.1) is 5.92 Å². The summed E-state index contributed by atoms with van der Waals surface area (Å²) in [6, 6.07) is 2.02. The smallest absolute Gasteiger partial charge is 0.273 e. The fourth-order valence-electron chi connectivity index (χ4n) is 2.86. The van der Waals surface area contributed by atoms with Crippen LogP contribution in [0.2, 0.25) is 0 Å². The van der Waals surface area contributed by atoms with Gasteiger partial charge in [-0.3, -0.25) is 4.79 Å². The van der Waals surface area contributed by atoms with E-state index in [9.17, 15) is 4.79 Å². The molecule has 1 aromatic heterocycles. The van der Waals surface area contributed by atoms with E-state index in [1.54, 1.807) is 6.07 Å². The normalized spacial score (nSPS) is 27.7. The third-order valence-electron chi connectivity index (χ3n) is 4.21. The molecule has 0 bridgehead atoms. The van der Waals surface area contributed by atoms with Crippen LogP contribution in [0.5, 0.6) is 0 Å². The first-order valence-corrected chi connectivity index (χ1v) is 7.13. The van der Waals surface area contributed by atoms with E-state index in [4.69, 9.17) is 4.52 Å². The van der Waals surface area contributed by atoms with Gasteiger partial charge in [0, 0.05) is 31.1 Å². The van der Waals surface area contributed by atoms with Gasteiger partial charge in [0.2, 0.25) is 0 Å². The minimum absolute atomic E-state index is 0.102. The number of carbonyl (C=O) groups excluding carboxylic acids is 1. The fraction of sp³-hybridized carbons (Fsp3) is 0.714. The molecule has 1 amide bonds. The highest BCUT2D eigenvalue weighted by molar-refractivity contribution is 5.92. The number of likely N-dealkylation sites (N-methyl/N-ethyl adjacent to an activating group) is 1. The molecule has 1 aliphatic carbocycles. The van der Waals surface area contributed by atoms with Crippen molar-refractivity contribution in [3.8, 4) is 0 Å². The summed E-state index contributed by atoms with van der Waals surface area (Å²) in [4.78, 5) is 14.4. The third-order valence-corrected chi connectivity index (χ3v) is 4.21. The lowest BCUT2D eigenvalue weighted by Gasteiger charge is -2.17. The van der Waals surface area contributed by atoms with Gasteiger partial charge in [-0.1, -0.05) is 18.5 Å². The van der Waals surface area contributed by atoms with Gasteiger partial charge in [0.25, 0.3) is 5.91 Å². The topological polar surface area (TPSA) is 58.4 Å². The second-order valence-electron chi connectivity index (χ2n) is 5.86. The van der Waals surface area contributed by atoms with E-state index in [1.807, 2.05) is 0 Å². The van der Waals surface area contributed by atoms with E-state index in [-0.39, 0.29) is 11.9 Å². The predicted molar refractivity (Wildman–Crippen MR) is 71.0 cm³/mol. The second kappa shape index (κ2) is 4.96. The van der Waals surface area contributed by atoms with E-state index in [2.05, 4.69) is 29.3 Å². The molecule has 0 spiro atoms. The maximum Gasteiger partial charge on any atom is 0.273 e. The summed E-state index contributed by atoms with van der Waals surface area (Å²) in [6.07, 6.45) is 3.39. The molecule has 0 radical (unpaired) electrons. The summed E-state index contributed by atoms with van der Waals surface area (Å²) in [6.45, 7) is 4.13. The van der Waals surface area contributed by atoms with Crippen LogP contribution in [-0.2, 0) is 0 Å². The number of likely N-dealkylation sites (tertiary alicyclic amines) is 1. The van der Waals surface area contributed by atoms with E-state index >= 15 is 0 Å². The average Bonchev–Trinajstić information content (AvgIpc) is 3.00. The molecule has 5 nitrogen and oxygen atoms in total. The van der Waals surface area contributed by atoms with Crippen molar-refractivity contribution in [1.29, 1.82) is 0 Å². The summed E-state index contributed by atoms with van der Waals surface area (Å²) in [7, 11) is 2.09. The molecule has 0 unspecified atom stereocenters. The summed E-state index contributed by atoms with van der Waals surface area (Å²) < 4.78 is 5.23. The Labute approximate surface area is 113 Å². The van der Waals surface area contributed by atoms with Crippen molar-refractivity contribution < 1.29 is 9.32 Å². The number of hydrogen-bond acceptors (Lipinski definition) is 4. The van der Waals surface area contributed by atoms with Crippen LogP contribution < -0.4 is 5.32 Å². The Morgan fingerprint density at radius 3 is 3.00 bits per heavy atom. The Morgan fingerprint density at radius 1 is 1.53 bits per heavy atom. The van der Waals surface area contributed by atoms with Gasteiger partial charge >= 0.3 is 0 Å². The molecule has 2 fully saturated rings. The van der Waals surface area contributed by atoms with E-state index in [0.29, 0.717) is 17.5 Å². The quantitative estimate of drug-likeness (QED) is 0.897. The van der Waals surface area contributed by atoms with Crippen LogP contribution >= 0.6 is 0 Å². The summed E-state index contributed by atoms with van der Waals surface area (Å²) in [5.41, 5.74) is 0.423. The van der Waals surface area contributed by atoms with Crippen molar-refractivity contribution in [3.05, 3.63) is 17.5 Å². The molecular weight excluding hydrogens is 242 g/mol. The standard InChI is InChI=1S/C14H21N3O2/c1-3-9-7-17(2)8-12(9)15-14(18)11-6-13(19-16-11)10-4-5-10/h6,9-10,12H,3-5,7-8H2,1-2H3,(H,15,18)/t9-,12-/m0/s1. The van der Waals surface area contributed by atoms with Gasteiger partial charge in [0.15, 0.2) is 5.69 Å². The molecule has 1 saturated heterocycles. The molecule has 1 aromatic rings. The monoisotopic (exact) mass is 263 g/mol. The van der Waals surface area contributed by atoms with E-state index in [0.717, 1.165) is 38.1 Å². The summed E-state index contributed by atoms with van der Waals surface area (Å²) in [5, 5.41) is 6.98. The summed E-state index contributed by atoms with van der Waals surface area (Å²) >= 11 is 0. The zero-order valence-electron chi connectivity index (χ0n) is 11.6. The third kappa shape index (κ3) is 2.66. The molecule has 19 heavy (non-hydrogen) atoms. The number of hydrogen-bond donors (Lipinski definition) is 1. The molecule has 3 rings (SSSR count). The molecule has 104 valence electrons. The zero-order valence-corrected chi connectivity index (χ0v) is 11.6. The van der Waals surface area contributed by atoms with Crippen LogP contribution in [0.1, 0.15) is 48.4 Å². The van der Waals surface area contributed by atoms with E-state index in [1.165, 1.54) is 0 Å². The highest BCUT2D eigenvalue weighted by Crippen LogP contribution is 2.40. The fourth-order valence-corrected chi connectivity index (χ4v) is 2.86. The van der Waals surface area contributed by atoms with Crippen molar-refractivity contribution in [2.24, 2.45) is 5.92 Å². The minimum atomic E-state index is -0.102. The van der Waals surface area contributed by atoms with Gasteiger partial charge in [-0.05, 0) is 25.8 Å². The Morgan fingerprint density at radius 2 is 2.32 bits per heavy atom. The Kier molecular flexibility index (Phi) is 3.31. The first-order chi connectivity index (χ1) is 9.17. The predicted octanol–water partition coefficient (Wildman–Crippen LogP) is 1.62. The van der Waals surface area contributed by atoms with Crippen molar-refractivity contribution in [2.45, 2.75) is 38.1 Å². The lowest BCUT2D eigenvalue weighted by atomic mass is 10.0. The van der Waals surface area contributed by atoms with Crippen molar-refractivity contribution in [1.82, 2.24) is 15.4 Å². The van der Waals surface area contributed by atoms with E-state index < -0.39 is 0 Å². The molecule has 1 aliphatic heterocycles. The van der Waals surface area contributed by atoms with Gasteiger partial charge in [-0.25, -0.2) is 0 Å². The molecule has 2 heterocycles. The van der Waals surface area contributed by atoms with Gasteiger partial charge in [0.05, 0.1) is 0 Å². The number of nitrogens with one attached hydrogen (secondary N) is 1. The molecule has 5 heteroatoms. The first kappa shape index (κ1) is 12.7. The van der Waals surface area contributed by atoms with Crippen LogP contribution in [0.15, 0.2) is 10.6 Å². The molecule has 0 aromatic carbocycles. The molecular formula is C14H21N3O2. The highest BCUT2D eigenvalue weighted by Gasteiger charge is 2.32. The van der Waals surface area contributed by atoms with Crippen LogP contribution in [0.3, 0.4) is 0 Å². The van der Waals surface area contributed by atoms with Crippen molar-refractivity contribution in [2.75, 3.05) is 20.1 Å². The zero-order chi connectivity index (χ0) is 13.4. The van der Waals surface area contributed by atoms with Crippen molar-refractivity contribution >= 4 is 5.91 Å². The Hall–Kier alpha value is -1.36. The van der Waals surface area contributed by atoms with Crippen LogP contribution in [0.25, 0.3) is 0 Å². The number of amides is 1. The largest absolute Gasteiger partial charge is 0.360 e. The number of rotatable bonds is 4. The maximum absolute atomic E-state index is 12.2. The van der Waals surface area contributed by atoms with Gasteiger partial charge < -0.3 is 14.7 Å². The average molecular weight is 263 g/mol. The molecule has 1 saturated carbocycles. The minimum Gasteiger partial charge on any atom is -0.360 e. The van der Waals surface area contributed by atoms with Crippen molar-refractivity contribution in [3.63, 3.8) is 0 Å². The van der Waals surface area contributed by atoms with Gasteiger partial charge in [-0.2, -0.15) is 0 Å². The number of carbonyl (C=O) groups is 1. The SMILES string of the molecule is CC[C@H]1CN(C)C[C@@H]1NC(=O)c1cc(C2CC2)on1. The molecule has 2 aliphatic rings. The second-order valence-corrected chi connectivity index (χ2v) is 5.86. The summed E-state index contributed by atoms with van der Waals surface area (Å²) in [5.74, 6) is 1.79. The maximum atomic E-state index is 12.2. The highest BCUT2D eigenvalue weighted by atomic mass is 16.5. The van der Waals surface area contributed by atoms with Crippen LogP contribution in [-0.4, -0.2) is 42.1 Å². The Balaban J connectivity index is 1.63. The lowest BCUT2D eigenvalue weighted by Crippen LogP contribution is -2.40. The van der Waals surface area contributed by atoms with Crippen LogP contribution in [0.4, 0.5) is 0 Å². The first-order valence-electron chi connectivity index (χ1n) is 7.13. The molecule has 2 atom stereocenters. The number of aromatic nitrogens is 1. The van der Waals surface area contributed by atoms with Gasteiger partial charge in [0.1, 0.15) is 5.76 Å². The Bertz CT molecular complexity index is 467. The number of nitrogens with zero attached hydrogens (tertiary/aromatic N) is 2.